The van der Waals surface area contributed by atoms with Gasteiger partial charge in [0.25, 0.3) is 5.91 Å². The van der Waals surface area contributed by atoms with Gasteiger partial charge < -0.3 is 9.47 Å². The second-order valence-corrected chi connectivity index (χ2v) is 6.25. The second-order valence-electron chi connectivity index (χ2n) is 5.89. The van der Waals surface area contributed by atoms with Crippen LogP contribution in [-0.4, -0.2) is 26.9 Å². The van der Waals surface area contributed by atoms with Gasteiger partial charge in [0.15, 0.2) is 0 Å². The lowest BCUT2D eigenvalue weighted by atomic mass is 10.1. The highest BCUT2D eigenvalue weighted by Crippen LogP contribution is 2.29. The molecule has 0 spiro atoms. The summed E-state index contributed by atoms with van der Waals surface area (Å²) in [5.41, 5.74) is 4.16. The predicted octanol–water partition coefficient (Wildman–Crippen LogP) is 3.43. The monoisotopic (exact) mass is 325 g/mol. The van der Waals surface area contributed by atoms with Gasteiger partial charge in [0.1, 0.15) is 5.15 Å². The molecule has 1 aliphatic rings. The number of aromatic nitrogens is 2. The lowest BCUT2D eigenvalue weighted by Gasteiger charge is -2.21. The minimum absolute atomic E-state index is 0.0605. The van der Waals surface area contributed by atoms with Gasteiger partial charge >= 0.3 is 0 Å². The lowest BCUT2D eigenvalue weighted by Crippen LogP contribution is -2.31. The molecule has 0 aliphatic carbocycles. The Hall–Kier alpha value is -2.33. The second kappa shape index (κ2) is 5.39. The minimum Gasteiger partial charge on any atom is -0.350 e. The molecular weight excluding hydrogens is 310 g/mol. The number of rotatable bonds is 1. The number of amides is 1. The fourth-order valence-electron chi connectivity index (χ4n) is 3.37. The largest absolute Gasteiger partial charge is 0.350 e. The average Bonchev–Trinajstić information content (AvgIpc) is 2.76. The van der Waals surface area contributed by atoms with E-state index in [0.29, 0.717) is 18.7 Å². The van der Waals surface area contributed by atoms with Crippen LogP contribution in [0, 0.1) is 0 Å². The van der Waals surface area contributed by atoms with Crippen molar-refractivity contribution < 1.29 is 4.79 Å². The molecule has 0 radical (unpaired) electrons. The van der Waals surface area contributed by atoms with Crippen molar-refractivity contribution in [2.45, 2.75) is 13.0 Å². The van der Waals surface area contributed by atoms with Crippen LogP contribution < -0.4 is 0 Å². The van der Waals surface area contributed by atoms with E-state index in [-0.39, 0.29) is 11.1 Å². The third-order valence-corrected chi connectivity index (χ3v) is 4.77. The van der Waals surface area contributed by atoms with Crippen molar-refractivity contribution in [3.05, 3.63) is 64.6 Å². The van der Waals surface area contributed by atoms with Crippen LogP contribution in [0.2, 0.25) is 5.15 Å². The van der Waals surface area contributed by atoms with Gasteiger partial charge in [-0.25, -0.2) is 4.98 Å². The van der Waals surface area contributed by atoms with Crippen LogP contribution in [0.25, 0.3) is 10.9 Å². The van der Waals surface area contributed by atoms with Gasteiger partial charge in [0.05, 0.1) is 5.56 Å². The van der Waals surface area contributed by atoms with Gasteiger partial charge in [0.2, 0.25) is 0 Å². The zero-order valence-corrected chi connectivity index (χ0v) is 13.5. The van der Waals surface area contributed by atoms with E-state index < -0.39 is 0 Å². The zero-order valence-electron chi connectivity index (χ0n) is 12.8. The first-order valence-corrected chi connectivity index (χ1v) is 7.98. The molecule has 1 amide bonds. The molecule has 4 rings (SSSR count). The highest BCUT2D eigenvalue weighted by molar-refractivity contribution is 6.32. The normalized spacial score (nSPS) is 14.1. The Morgan fingerprint density at radius 3 is 2.91 bits per heavy atom. The summed E-state index contributed by atoms with van der Waals surface area (Å²) in [6.45, 7) is 1.27. The first-order valence-electron chi connectivity index (χ1n) is 7.61. The smallest absolute Gasteiger partial charge is 0.257 e. The summed E-state index contributed by atoms with van der Waals surface area (Å²) in [6.07, 6.45) is 4.61. The first kappa shape index (κ1) is 14.3. The topological polar surface area (TPSA) is 38.1 Å². The summed E-state index contributed by atoms with van der Waals surface area (Å²) in [5.74, 6) is -0.0605. The highest BCUT2D eigenvalue weighted by atomic mass is 35.5. The number of hydrogen-bond acceptors (Lipinski definition) is 2. The Kier molecular flexibility index (Phi) is 3.34. The number of pyridine rings is 1. The third kappa shape index (κ3) is 2.30. The van der Waals surface area contributed by atoms with Crippen molar-refractivity contribution >= 4 is 28.4 Å². The number of hydrogen-bond donors (Lipinski definition) is 0. The molecular formula is C18H16ClN3O. The fourth-order valence-corrected chi connectivity index (χ4v) is 3.57. The highest BCUT2D eigenvalue weighted by Gasteiger charge is 2.24. The maximum absolute atomic E-state index is 12.8. The molecule has 0 atom stereocenters. The van der Waals surface area contributed by atoms with E-state index in [1.165, 1.54) is 22.0 Å². The lowest BCUT2D eigenvalue weighted by molar-refractivity contribution is 0.0747. The Labute approximate surface area is 139 Å². The van der Waals surface area contributed by atoms with Crippen molar-refractivity contribution in [3.63, 3.8) is 0 Å². The van der Waals surface area contributed by atoms with Gasteiger partial charge in [-0.3, -0.25) is 4.79 Å². The molecule has 0 saturated carbocycles. The van der Waals surface area contributed by atoms with Gasteiger partial charge in [0, 0.05) is 43.4 Å². The fraction of sp³-hybridized carbons (Fsp3) is 0.222. The quantitative estimate of drug-likeness (QED) is 0.643. The molecule has 0 unspecified atom stereocenters. The van der Waals surface area contributed by atoms with Gasteiger partial charge in [-0.1, -0.05) is 23.7 Å². The van der Waals surface area contributed by atoms with Crippen molar-refractivity contribution in [2.75, 3.05) is 6.54 Å². The minimum atomic E-state index is -0.0605. The van der Waals surface area contributed by atoms with E-state index in [0.717, 1.165) is 6.42 Å². The molecule has 2 aromatic heterocycles. The molecule has 1 aromatic carbocycles. The summed E-state index contributed by atoms with van der Waals surface area (Å²) in [4.78, 5) is 18.7. The van der Waals surface area contributed by atoms with Crippen LogP contribution in [0.15, 0.2) is 42.7 Å². The van der Waals surface area contributed by atoms with Crippen LogP contribution in [0.1, 0.15) is 21.5 Å². The summed E-state index contributed by atoms with van der Waals surface area (Å²) in [6, 6.07) is 9.75. The van der Waals surface area contributed by atoms with Crippen molar-refractivity contribution in [1.29, 1.82) is 0 Å². The number of halogens is 1. The van der Waals surface area contributed by atoms with E-state index in [4.69, 9.17) is 11.6 Å². The van der Waals surface area contributed by atoms with Crippen molar-refractivity contribution in [3.8, 4) is 0 Å². The molecule has 5 heteroatoms. The van der Waals surface area contributed by atoms with E-state index in [2.05, 4.69) is 34.9 Å². The first-order chi connectivity index (χ1) is 11.1. The Bertz CT molecular complexity index is 916. The molecule has 0 bridgehead atoms. The summed E-state index contributed by atoms with van der Waals surface area (Å²) < 4.78 is 2.16. The van der Waals surface area contributed by atoms with Gasteiger partial charge in [-0.05, 0) is 35.7 Å². The van der Waals surface area contributed by atoms with Crippen molar-refractivity contribution in [1.82, 2.24) is 14.5 Å². The van der Waals surface area contributed by atoms with E-state index in [1.807, 2.05) is 11.0 Å². The Balaban J connectivity index is 1.74. The maximum Gasteiger partial charge on any atom is 0.257 e. The summed E-state index contributed by atoms with van der Waals surface area (Å²) in [5, 5.41) is 1.54. The number of aryl methyl sites for hydroxylation is 1. The summed E-state index contributed by atoms with van der Waals surface area (Å²) in [7, 11) is 2.07. The molecule has 3 heterocycles. The molecule has 0 fully saturated rings. The number of benzene rings is 1. The zero-order chi connectivity index (χ0) is 16.0. The van der Waals surface area contributed by atoms with Gasteiger partial charge in [-0.2, -0.15) is 0 Å². The number of carbonyl (C=O) groups is 1. The van der Waals surface area contributed by atoms with Crippen LogP contribution in [0.4, 0.5) is 0 Å². The Morgan fingerprint density at radius 2 is 2.09 bits per heavy atom. The van der Waals surface area contributed by atoms with E-state index in [1.54, 1.807) is 18.3 Å². The molecule has 0 saturated heterocycles. The van der Waals surface area contributed by atoms with E-state index in [9.17, 15) is 4.79 Å². The maximum atomic E-state index is 12.8. The standard InChI is InChI=1S/C18H16ClN3O/c1-21-10-13-7-9-22(11-12-4-2-6-15(21)16(12)13)18(23)14-5-3-8-20-17(14)19/h2-6,8,10H,7,9,11H2,1H3. The van der Waals surface area contributed by atoms with Crippen LogP contribution in [-0.2, 0) is 20.0 Å². The van der Waals surface area contributed by atoms with Crippen molar-refractivity contribution in [2.24, 2.45) is 7.05 Å². The summed E-state index contributed by atoms with van der Waals surface area (Å²) >= 11 is 6.09. The Morgan fingerprint density at radius 1 is 1.22 bits per heavy atom. The van der Waals surface area contributed by atoms with Crippen LogP contribution >= 0.6 is 11.6 Å². The predicted molar refractivity (Wildman–Crippen MR) is 90.6 cm³/mol. The molecule has 1 aliphatic heterocycles. The number of carbonyl (C=O) groups excluding carboxylic acids is 1. The van der Waals surface area contributed by atoms with Crippen LogP contribution in [0.5, 0.6) is 0 Å². The molecule has 4 nitrogen and oxygen atoms in total. The third-order valence-electron chi connectivity index (χ3n) is 4.47. The molecule has 116 valence electrons. The average molecular weight is 326 g/mol. The molecule has 23 heavy (non-hydrogen) atoms. The molecule has 0 N–H and O–H groups in total. The van der Waals surface area contributed by atoms with E-state index >= 15 is 0 Å². The number of nitrogens with zero attached hydrogens (tertiary/aromatic N) is 3. The molecule has 3 aromatic rings. The SMILES string of the molecule is Cn1cc2c3c(cccc31)CN(C(=O)c1cccnc1Cl)CC2. The van der Waals surface area contributed by atoms with Gasteiger partial charge in [-0.15, -0.1) is 0 Å². The van der Waals surface area contributed by atoms with Crippen LogP contribution in [0.3, 0.4) is 0 Å².